The van der Waals surface area contributed by atoms with Gasteiger partial charge in [-0.2, -0.15) is 13.2 Å². The summed E-state index contributed by atoms with van der Waals surface area (Å²) in [6.45, 7) is 2.24. The molecule has 0 spiro atoms. The summed E-state index contributed by atoms with van der Waals surface area (Å²) >= 11 is 12.0. The molecule has 2 N–H and O–H groups in total. The van der Waals surface area contributed by atoms with E-state index in [-0.39, 0.29) is 6.42 Å². The Bertz CT molecular complexity index is 601. The molecule has 1 aromatic carbocycles. The van der Waals surface area contributed by atoms with Gasteiger partial charge < -0.3 is 10.6 Å². The van der Waals surface area contributed by atoms with E-state index < -0.39 is 23.5 Å². The average Bonchev–Trinajstić information content (AvgIpc) is 2.49. The summed E-state index contributed by atoms with van der Waals surface area (Å²) in [7, 11) is 0. The zero-order chi connectivity index (χ0) is 18.0. The first-order valence-electron chi connectivity index (χ1n) is 7.66. The molecule has 1 aliphatic heterocycles. The quantitative estimate of drug-likeness (QED) is 0.823. The smallest absolute Gasteiger partial charge is 0.345 e. The maximum absolute atomic E-state index is 12.6. The second-order valence-electron chi connectivity index (χ2n) is 6.20. The number of alkyl halides is 3. The Kier molecular flexibility index (Phi) is 6.04. The number of carbonyl (C=O) groups excluding carboxylic acids is 1. The highest BCUT2D eigenvalue weighted by Gasteiger charge is 2.40. The lowest BCUT2D eigenvalue weighted by Crippen LogP contribution is -2.49. The van der Waals surface area contributed by atoms with Crippen LogP contribution in [0.1, 0.15) is 31.7 Å². The van der Waals surface area contributed by atoms with Gasteiger partial charge in [0.2, 0.25) is 5.91 Å². The van der Waals surface area contributed by atoms with E-state index in [1.54, 1.807) is 18.2 Å². The monoisotopic (exact) mass is 382 g/mol. The molecule has 24 heavy (non-hydrogen) atoms. The van der Waals surface area contributed by atoms with Crippen LogP contribution in [0.5, 0.6) is 0 Å². The Morgan fingerprint density at radius 3 is 2.62 bits per heavy atom. The number of halogens is 5. The number of rotatable bonds is 4. The summed E-state index contributed by atoms with van der Waals surface area (Å²) in [6.07, 6.45) is -3.00. The van der Waals surface area contributed by atoms with Crippen LogP contribution in [0.4, 0.5) is 13.2 Å². The van der Waals surface area contributed by atoms with Gasteiger partial charge in [0, 0.05) is 18.4 Å². The zero-order valence-electron chi connectivity index (χ0n) is 13.1. The molecular weight excluding hydrogens is 364 g/mol. The minimum atomic E-state index is -4.46. The summed E-state index contributed by atoms with van der Waals surface area (Å²) in [5, 5.41) is 6.02. The molecule has 1 aliphatic rings. The van der Waals surface area contributed by atoms with E-state index in [1.165, 1.54) is 0 Å². The van der Waals surface area contributed by atoms with Crippen molar-refractivity contribution in [3.63, 3.8) is 0 Å². The molecule has 0 unspecified atom stereocenters. The number of hydrogen-bond acceptors (Lipinski definition) is 2. The lowest BCUT2D eigenvalue weighted by molar-refractivity contribution is -0.158. The predicted octanol–water partition coefficient (Wildman–Crippen LogP) is 4.07. The summed E-state index contributed by atoms with van der Waals surface area (Å²) in [6, 6.07) is 3.23. The van der Waals surface area contributed by atoms with Crippen molar-refractivity contribution in [3.8, 4) is 0 Å². The maximum atomic E-state index is 12.6. The second kappa shape index (κ2) is 7.50. The zero-order valence-corrected chi connectivity index (χ0v) is 14.7. The van der Waals surface area contributed by atoms with Crippen molar-refractivity contribution in [1.29, 1.82) is 0 Å². The van der Waals surface area contributed by atoms with E-state index in [2.05, 4.69) is 5.32 Å². The lowest BCUT2D eigenvalue weighted by Gasteiger charge is -2.38. The van der Waals surface area contributed by atoms with Gasteiger partial charge in [-0.15, -0.1) is 0 Å². The van der Waals surface area contributed by atoms with Gasteiger partial charge >= 0.3 is 6.18 Å². The molecule has 0 aliphatic carbocycles. The SMILES string of the molecule is C[C@H](NC(=O)C[C@]1(c2ccc(Cl)c(Cl)c2)CCCNC1)C(F)(F)F. The van der Waals surface area contributed by atoms with Crippen molar-refractivity contribution in [2.45, 2.75) is 43.8 Å². The second-order valence-corrected chi connectivity index (χ2v) is 7.01. The van der Waals surface area contributed by atoms with Gasteiger partial charge in [0.05, 0.1) is 10.0 Å². The topological polar surface area (TPSA) is 41.1 Å². The Hall–Kier alpha value is -0.980. The minimum absolute atomic E-state index is 0.0433. The van der Waals surface area contributed by atoms with Crippen molar-refractivity contribution >= 4 is 29.1 Å². The van der Waals surface area contributed by atoms with Gasteiger partial charge in [-0.3, -0.25) is 4.79 Å². The highest BCUT2D eigenvalue weighted by molar-refractivity contribution is 6.42. The third kappa shape index (κ3) is 4.55. The van der Waals surface area contributed by atoms with Crippen molar-refractivity contribution in [2.75, 3.05) is 13.1 Å². The van der Waals surface area contributed by atoms with Crippen LogP contribution < -0.4 is 10.6 Å². The van der Waals surface area contributed by atoms with Gasteiger partial charge in [0.15, 0.2) is 0 Å². The van der Waals surface area contributed by atoms with E-state index >= 15 is 0 Å². The van der Waals surface area contributed by atoms with Crippen LogP contribution in [0.25, 0.3) is 0 Å². The first kappa shape index (κ1) is 19.3. The number of amides is 1. The molecule has 1 saturated heterocycles. The van der Waals surface area contributed by atoms with Gasteiger partial charge in [0.25, 0.3) is 0 Å². The lowest BCUT2D eigenvalue weighted by atomic mass is 9.72. The van der Waals surface area contributed by atoms with Crippen LogP contribution in [-0.4, -0.2) is 31.2 Å². The fraction of sp³-hybridized carbons (Fsp3) is 0.562. The molecule has 2 atom stereocenters. The molecule has 2 rings (SSSR count). The van der Waals surface area contributed by atoms with E-state index in [1.807, 2.05) is 5.32 Å². The van der Waals surface area contributed by atoms with Crippen molar-refractivity contribution in [2.24, 2.45) is 0 Å². The van der Waals surface area contributed by atoms with E-state index in [9.17, 15) is 18.0 Å². The Morgan fingerprint density at radius 1 is 1.38 bits per heavy atom. The fourth-order valence-corrected chi connectivity index (χ4v) is 3.27. The van der Waals surface area contributed by atoms with E-state index in [0.717, 1.165) is 25.5 Å². The number of hydrogen-bond donors (Lipinski definition) is 2. The van der Waals surface area contributed by atoms with Gasteiger partial charge in [-0.25, -0.2) is 0 Å². The third-order valence-electron chi connectivity index (χ3n) is 4.37. The Balaban J connectivity index is 2.22. The van der Waals surface area contributed by atoms with Crippen LogP contribution >= 0.6 is 23.2 Å². The van der Waals surface area contributed by atoms with Crippen LogP contribution in [0.3, 0.4) is 0 Å². The number of benzene rings is 1. The fourth-order valence-electron chi connectivity index (χ4n) is 2.97. The average molecular weight is 383 g/mol. The Labute approximate surface area is 148 Å². The van der Waals surface area contributed by atoms with Gasteiger partial charge in [0.1, 0.15) is 6.04 Å². The highest BCUT2D eigenvalue weighted by Crippen LogP contribution is 2.37. The Morgan fingerprint density at radius 2 is 2.08 bits per heavy atom. The summed E-state index contributed by atoms with van der Waals surface area (Å²) in [5.41, 5.74) is 0.209. The molecule has 1 amide bonds. The van der Waals surface area contributed by atoms with Crippen LogP contribution in [0.2, 0.25) is 10.0 Å². The van der Waals surface area contributed by atoms with Crippen LogP contribution in [0, 0.1) is 0 Å². The minimum Gasteiger partial charge on any atom is -0.345 e. The molecule has 8 heteroatoms. The first-order chi connectivity index (χ1) is 11.1. The summed E-state index contributed by atoms with van der Waals surface area (Å²) in [4.78, 5) is 12.2. The standard InChI is InChI=1S/C16H19Cl2F3N2O/c1-10(16(19,20)21)23-14(24)8-15(5-2-6-22-9-15)11-3-4-12(17)13(18)7-11/h3-4,7,10,22H,2,5-6,8-9H2,1H3,(H,23,24)/t10-,15+/m0/s1. The largest absolute Gasteiger partial charge is 0.408 e. The normalized spacial score (nSPS) is 22.9. The van der Waals surface area contributed by atoms with Crippen molar-refractivity contribution < 1.29 is 18.0 Å². The van der Waals surface area contributed by atoms with Crippen LogP contribution in [0.15, 0.2) is 18.2 Å². The molecule has 134 valence electrons. The molecule has 0 aromatic heterocycles. The molecule has 1 fully saturated rings. The molecule has 3 nitrogen and oxygen atoms in total. The number of nitrogens with one attached hydrogen (secondary N) is 2. The van der Waals surface area contributed by atoms with Gasteiger partial charge in [-0.1, -0.05) is 29.3 Å². The molecule has 0 bridgehead atoms. The third-order valence-corrected chi connectivity index (χ3v) is 5.11. The maximum Gasteiger partial charge on any atom is 0.408 e. The molecule has 1 aromatic rings. The number of carbonyl (C=O) groups is 1. The van der Waals surface area contributed by atoms with E-state index in [0.29, 0.717) is 23.0 Å². The molecule has 1 heterocycles. The van der Waals surface area contributed by atoms with Gasteiger partial charge in [-0.05, 0) is 44.0 Å². The van der Waals surface area contributed by atoms with Crippen molar-refractivity contribution in [1.82, 2.24) is 10.6 Å². The molecular formula is C16H19Cl2F3N2O. The predicted molar refractivity (Wildman–Crippen MR) is 88.5 cm³/mol. The summed E-state index contributed by atoms with van der Waals surface area (Å²) in [5.74, 6) is -0.630. The van der Waals surface area contributed by atoms with Crippen molar-refractivity contribution in [3.05, 3.63) is 33.8 Å². The molecule has 0 saturated carbocycles. The van der Waals surface area contributed by atoms with Crippen LogP contribution in [-0.2, 0) is 10.2 Å². The summed E-state index contributed by atoms with van der Waals surface area (Å²) < 4.78 is 37.9. The molecule has 0 radical (unpaired) electrons. The van der Waals surface area contributed by atoms with E-state index in [4.69, 9.17) is 23.2 Å². The first-order valence-corrected chi connectivity index (χ1v) is 8.42. The number of piperidine rings is 1. The highest BCUT2D eigenvalue weighted by atomic mass is 35.5.